The Kier molecular flexibility index (Phi) is 7.45. The molecule has 3 nitrogen and oxygen atoms in total. The Morgan fingerprint density at radius 3 is 2.16 bits per heavy atom. The maximum absolute atomic E-state index is 12.1. The van der Waals surface area contributed by atoms with Crippen LogP contribution in [0.15, 0.2) is 0 Å². The molecular weight excluding hydrogens is 258 g/mol. The van der Waals surface area contributed by atoms with Crippen LogP contribution in [0.25, 0.3) is 0 Å². The van der Waals surface area contributed by atoms with Crippen molar-refractivity contribution in [3.8, 4) is 0 Å². The lowest BCUT2D eigenvalue weighted by Gasteiger charge is -2.31. The first kappa shape index (κ1) is 18.8. The summed E-state index contributed by atoms with van der Waals surface area (Å²) in [5.74, 6) is 1.34. The molecule has 0 saturated heterocycles. The standard InChI is InChI=1S/C15H31NO2S/c1-11(2)14(4,5)9-12(3)13(17)16-10-19-15(6,7)18-8/h11-12H,9-10H2,1-8H3,(H,16,17). The van der Waals surface area contributed by atoms with Crippen molar-refractivity contribution in [2.75, 3.05) is 13.0 Å². The first-order valence-corrected chi connectivity index (χ1v) is 7.97. The summed E-state index contributed by atoms with van der Waals surface area (Å²) >= 11 is 1.59. The number of carbonyl (C=O) groups is 1. The van der Waals surface area contributed by atoms with Gasteiger partial charge in [-0.05, 0) is 31.6 Å². The van der Waals surface area contributed by atoms with E-state index in [9.17, 15) is 4.79 Å². The fourth-order valence-corrected chi connectivity index (χ4v) is 2.31. The number of carbonyl (C=O) groups excluding carboxylic acids is 1. The molecule has 0 aromatic carbocycles. The molecule has 0 rings (SSSR count). The Hall–Kier alpha value is -0.220. The van der Waals surface area contributed by atoms with Crippen molar-refractivity contribution in [1.29, 1.82) is 0 Å². The van der Waals surface area contributed by atoms with E-state index in [0.717, 1.165) is 6.42 Å². The van der Waals surface area contributed by atoms with Crippen molar-refractivity contribution >= 4 is 17.7 Å². The summed E-state index contributed by atoms with van der Waals surface area (Å²) in [5, 5.41) is 2.98. The number of thioether (sulfide) groups is 1. The minimum Gasteiger partial charge on any atom is -0.368 e. The first-order valence-electron chi connectivity index (χ1n) is 6.98. The summed E-state index contributed by atoms with van der Waals surface area (Å²) in [6.45, 7) is 14.9. The van der Waals surface area contributed by atoms with Gasteiger partial charge in [-0.1, -0.05) is 34.6 Å². The van der Waals surface area contributed by atoms with Gasteiger partial charge >= 0.3 is 0 Å². The van der Waals surface area contributed by atoms with E-state index in [0.29, 0.717) is 11.8 Å². The minimum absolute atomic E-state index is 0.0451. The molecule has 19 heavy (non-hydrogen) atoms. The zero-order valence-corrected chi connectivity index (χ0v) is 14.6. The van der Waals surface area contributed by atoms with Crippen LogP contribution in [0.4, 0.5) is 0 Å². The van der Waals surface area contributed by atoms with E-state index >= 15 is 0 Å². The van der Waals surface area contributed by atoms with Crippen molar-refractivity contribution in [3.05, 3.63) is 0 Å². The molecule has 0 aliphatic rings. The van der Waals surface area contributed by atoms with Gasteiger partial charge in [0.1, 0.15) is 4.93 Å². The maximum Gasteiger partial charge on any atom is 0.223 e. The third kappa shape index (κ3) is 7.21. The van der Waals surface area contributed by atoms with Crippen LogP contribution in [0.2, 0.25) is 0 Å². The van der Waals surface area contributed by atoms with Crippen LogP contribution in [0, 0.1) is 17.3 Å². The third-order valence-corrected chi connectivity index (χ3v) is 5.15. The fraction of sp³-hybridized carbons (Fsp3) is 0.933. The van der Waals surface area contributed by atoms with Gasteiger partial charge in [0.2, 0.25) is 5.91 Å². The van der Waals surface area contributed by atoms with E-state index < -0.39 is 0 Å². The highest BCUT2D eigenvalue weighted by Gasteiger charge is 2.28. The molecule has 4 heteroatoms. The number of rotatable bonds is 8. The highest BCUT2D eigenvalue weighted by Crippen LogP contribution is 2.33. The summed E-state index contributed by atoms with van der Waals surface area (Å²) in [7, 11) is 1.68. The van der Waals surface area contributed by atoms with E-state index in [2.05, 4.69) is 33.0 Å². The lowest BCUT2D eigenvalue weighted by Crippen LogP contribution is -2.34. The summed E-state index contributed by atoms with van der Waals surface area (Å²) in [5.41, 5.74) is 0.190. The molecule has 0 heterocycles. The average molecular weight is 289 g/mol. The highest BCUT2D eigenvalue weighted by molar-refractivity contribution is 8.00. The second kappa shape index (κ2) is 7.53. The zero-order chi connectivity index (χ0) is 15.3. The Labute approximate surface area is 123 Å². The second-order valence-corrected chi connectivity index (χ2v) is 8.24. The highest BCUT2D eigenvalue weighted by atomic mass is 32.2. The Balaban J connectivity index is 4.15. The molecule has 1 amide bonds. The van der Waals surface area contributed by atoms with Crippen LogP contribution in [-0.2, 0) is 9.53 Å². The van der Waals surface area contributed by atoms with Crippen LogP contribution in [0.5, 0.6) is 0 Å². The van der Waals surface area contributed by atoms with Gasteiger partial charge in [0.05, 0.1) is 5.88 Å². The maximum atomic E-state index is 12.1. The van der Waals surface area contributed by atoms with Gasteiger partial charge in [-0.3, -0.25) is 4.79 Å². The molecule has 0 aromatic rings. The quantitative estimate of drug-likeness (QED) is 0.689. The molecule has 114 valence electrons. The van der Waals surface area contributed by atoms with E-state index in [1.54, 1.807) is 18.9 Å². The monoisotopic (exact) mass is 289 g/mol. The Bertz CT molecular complexity index is 288. The van der Waals surface area contributed by atoms with Crippen LogP contribution < -0.4 is 5.32 Å². The topological polar surface area (TPSA) is 38.3 Å². The predicted molar refractivity (Wildman–Crippen MR) is 84.1 cm³/mol. The minimum atomic E-state index is -0.256. The first-order chi connectivity index (χ1) is 8.52. The van der Waals surface area contributed by atoms with Gasteiger partial charge in [-0.2, -0.15) is 0 Å². The molecule has 1 N–H and O–H groups in total. The smallest absolute Gasteiger partial charge is 0.223 e. The van der Waals surface area contributed by atoms with Crippen molar-refractivity contribution < 1.29 is 9.53 Å². The molecule has 0 saturated carbocycles. The molecule has 1 unspecified atom stereocenters. The van der Waals surface area contributed by atoms with Gasteiger partial charge in [0, 0.05) is 13.0 Å². The van der Waals surface area contributed by atoms with E-state index in [1.165, 1.54) is 0 Å². The number of methoxy groups -OCH3 is 1. The summed E-state index contributed by atoms with van der Waals surface area (Å²) < 4.78 is 5.30. The zero-order valence-electron chi connectivity index (χ0n) is 13.8. The summed E-state index contributed by atoms with van der Waals surface area (Å²) in [6.07, 6.45) is 0.912. The fourth-order valence-electron chi connectivity index (χ4n) is 1.63. The number of hydrogen-bond acceptors (Lipinski definition) is 3. The number of ether oxygens (including phenoxy) is 1. The largest absolute Gasteiger partial charge is 0.368 e. The van der Waals surface area contributed by atoms with Gasteiger partial charge in [-0.25, -0.2) is 0 Å². The van der Waals surface area contributed by atoms with Crippen molar-refractivity contribution in [2.45, 2.75) is 59.8 Å². The second-order valence-electron chi connectivity index (χ2n) is 6.68. The van der Waals surface area contributed by atoms with Gasteiger partial charge in [-0.15, -0.1) is 11.8 Å². The molecule has 0 spiro atoms. The number of hydrogen-bond donors (Lipinski definition) is 1. The SMILES string of the molecule is COC(C)(C)SCNC(=O)C(C)CC(C)(C)C(C)C. The van der Waals surface area contributed by atoms with Crippen molar-refractivity contribution in [1.82, 2.24) is 5.32 Å². The van der Waals surface area contributed by atoms with E-state index in [-0.39, 0.29) is 22.2 Å². The van der Waals surface area contributed by atoms with E-state index in [1.807, 2.05) is 20.8 Å². The van der Waals surface area contributed by atoms with Gasteiger partial charge in [0.15, 0.2) is 0 Å². The molecule has 1 atom stereocenters. The lowest BCUT2D eigenvalue weighted by molar-refractivity contribution is -0.125. The van der Waals surface area contributed by atoms with Gasteiger partial charge < -0.3 is 10.1 Å². The average Bonchev–Trinajstić information content (AvgIpc) is 2.27. The summed E-state index contributed by atoms with van der Waals surface area (Å²) in [6, 6.07) is 0. The third-order valence-electron chi connectivity index (χ3n) is 4.00. The molecule has 0 bridgehead atoms. The van der Waals surface area contributed by atoms with Crippen LogP contribution in [0.1, 0.15) is 54.9 Å². The molecule has 0 radical (unpaired) electrons. The van der Waals surface area contributed by atoms with E-state index in [4.69, 9.17) is 4.74 Å². The van der Waals surface area contributed by atoms with Crippen molar-refractivity contribution in [2.24, 2.45) is 17.3 Å². The Morgan fingerprint density at radius 2 is 1.74 bits per heavy atom. The molecule has 0 aliphatic heterocycles. The Morgan fingerprint density at radius 1 is 1.21 bits per heavy atom. The van der Waals surface area contributed by atoms with Crippen molar-refractivity contribution in [3.63, 3.8) is 0 Å². The van der Waals surface area contributed by atoms with Crippen LogP contribution >= 0.6 is 11.8 Å². The summed E-state index contributed by atoms with van der Waals surface area (Å²) in [4.78, 5) is 11.8. The molecular formula is C15H31NO2S. The predicted octanol–water partition coefficient (Wildman–Crippen LogP) is 3.88. The number of amides is 1. The normalized spacial score (nSPS) is 14.6. The molecule has 0 aromatic heterocycles. The van der Waals surface area contributed by atoms with Crippen LogP contribution in [0.3, 0.4) is 0 Å². The lowest BCUT2D eigenvalue weighted by atomic mass is 9.74. The van der Waals surface area contributed by atoms with Crippen LogP contribution in [-0.4, -0.2) is 23.8 Å². The molecule has 0 fully saturated rings. The van der Waals surface area contributed by atoms with Gasteiger partial charge in [0.25, 0.3) is 0 Å². The number of nitrogens with one attached hydrogen (secondary N) is 1. The molecule has 0 aliphatic carbocycles.